The molecule has 0 spiro atoms. The van der Waals surface area contributed by atoms with Crippen molar-refractivity contribution >= 4 is 11.6 Å². The zero-order valence-corrected chi connectivity index (χ0v) is 11.2. The summed E-state index contributed by atoms with van der Waals surface area (Å²) in [4.78, 5) is 0. The van der Waals surface area contributed by atoms with Gasteiger partial charge in [-0.25, -0.2) is 4.39 Å². The summed E-state index contributed by atoms with van der Waals surface area (Å²) in [6.07, 6.45) is -0.880. The van der Waals surface area contributed by atoms with Crippen LogP contribution in [-0.2, 0) is 0 Å². The van der Waals surface area contributed by atoms with Gasteiger partial charge in [-0.05, 0) is 42.3 Å². The van der Waals surface area contributed by atoms with Crippen LogP contribution in [-0.4, -0.2) is 11.7 Å². The fourth-order valence-corrected chi connectivity index (χ4v) is 1.82. The maximum Gasteiger partial charge on any atom is 0.126 e. The normalized spacial score (nSPS) is 12.2. The number of ether oxygens (including phenoxy) is 1. The van der Waals surface area contributed by atoms with Crippen LogP contribution in [0, 0.1) is 12.7 Å². The van der Waals surface area contributed by atoms with E-state index in [9.17, 15) is 9.50 Å². The van der Waals surface area contributed by atoms with E-state index in [1.807, 2.05) is 0 Å². The third-order valence-electron chi connectivity index (χ3n) is 2.78. The lowest BCUT2D eigenvalue weighted by molar-refractivity contribution is 0.108. The molecule has 0 saturated carbocycles. The molecule has 0 aliphatic carbocycles. The second kappa shape index (κ2) is 6.04. The quantitative estimate of drug-likeness (QED) is 0.920. The molecule has 0 aromatic heterocycles. The van der Waals surface area contributed by atoms with Crippen molar-refractivity contribution in [3.63, 3.8) is 0 Å². The number of aliphatic hydroxyl groups is 1. The molecular weight excluding hydrogens is 267 g/mol. The summed E-state index contributed by atoms with van der Waals surface area (Å²) in [6, 6.07) is 11.5. The molecule has 2 aromatic carbocycles. The van der Waals surface area contributed by atoms with Crippen LogP contribution in [0.5, 0.6) is 5.75 Å². The smallest absolute Gasteiger partial charge is 0.126 e. The zero-order valence-electron chi connectivity index (χ0n) is 10.4. The first-order chi connectivity index (χ1) is 9.06. The van der Waals surface area contributed by atoms with Crippen molar-refractivity contribution in [3.8, 4) is 5.75 Å². The van der Waals surface area contributed by atoms with Crippen molar-refractivity contribution in [2.75, 3.05) is 6.61 Å². The molecule has 2 nitrogen and oxygen atoms in total. The predicted octanol–water partition coefficient (Wildman–Crippen LogP) is 3.90. The molecule has 0 heterocycles. The zero-order chi connectivity index (χ0) is 13.8. The molecule has 0 fully saturated rings. The van der Waals surface area contributed by atoms with Gasteiger partial charge in [0.25, 0.3) is 0 Å². The third-order valence-corrected chi connectivity index (χ3v) is 3.02. The van der Waals surface area contributed by atoms with E-state index in [0.29, 0.717) is 21.9 Å². The first kappa shape index (κ1) is 13.8. The summed E-state index contributed by atoms with van der Waals surface area (Å²) in [5.74, 6) is 0.235. The van der Waals surface area contributed by atoms with E-state index in [4.69, 9.17) is 16.3 Å². The summed E-state index contributed by atoms with van der Waals surface area (Å²) < 4.78 is 18.8. The summed E-state index contributed by atoms with van der Waals surface area (Å²) >= 11 is 5.82. The lowest BCUT2D eigenvalue weighted by Crippen LogP contribution is -2.10. The van der Waals surface area contributed by atoms with E-state index < -0.39 is 6.10 Å². The molecule has 1 N–H and O–H groups in total. The average molecular weight is 281 g/mol. The van der Waals surface area contributed by atoms with Crippen molar-refractivity contribution in [1.29, 1.82) is 0 Å². The van der Waals surface area contributed by atoms with Gasteiger partial charge in [0, 0.05) is 5.02 Å². The van der Waals surface area contributed by atoms with Gasteiger partial charge in [0.1, 0.15) is 24.3 Å². The van der Waals surface area contributed by atoms with Crippen molar-refractivity contribution in [2.24, 2.45) is 0 Å². The highest BCUT2D eigenvalue weighted by atomic mass is 35.5. The minimum atomic E-state index is -0.880. The Hall–Kier alpha value is -1.58. The van der Waals surface area contributed by atoms with E-state index in [0.717, 1.165) is 0 Å². The Morgan fingerprint density at radius 3 is 2.74 bits per heavy atom. The minimum absolute atomic E-state index is 0.0445. The highest BCUT2D eigenvalue weighted by Crippen LogP contribution is 2.21. The number of hydrogen-bond donors (Lipinski definition) is 1. The second-order valence-electron chi connectivity index (χ2n) is 4.29. The van der Waals surface area contributed by atoms with Gasteiger partial charge in [-0.2, -0.15) is 0 Å². The Bertz CT molecular complexity index is 572. The molecule has 1 atom stereocenters. The molecule has 100 valence electrons. The van der Waals surface area contributed by atoms with Gasteiger partial charge < -0.3 is 9.84 Å². The molecule has 4 heteroatoms. The highest BCUT2D eigenvalue weighted by Gasteiger charge is 2.10. The van der Waals surface area contributed by atoms with E-state index in [2.05, 4.69) is 0 Å². The Morgan fingerprint density at radius 1 is 1.26 bits per heavy atom. The number of halogens is 2. The SMILES string of the molecule is Cc1ccc(C(O)COc2cccc(Cl)c2)cc1F. The van der Waals surface area contributed by atoms with Crippen LogP contribution in [0.3, 0.4) is 0 Å². The van der Waals surface area contributed by atoms with Gasteiger partial charge in [-0.3, -0.25) is 0 Å². The molecule has 0 radical (unpaired) electrons. The van der Waals surface area contributed by atoms with Crippen molar-refractivity contribution < 1.29 is 14.2 Å². The average Bonchev–Trinajstić information content (AvgIpc) is 2.39. The summed E-state index contributed by atoms with van der Waals surface area (Å²) in [5, 5.41) is 10.5. The van der Waals surface area contributed by atoms with Crippen molar-refractivity contribution in [3.05, 3.63) is 64.4 Å². The Morgan fingerprint density at radius 2 is 2.05 bits per heavy atom. The molecule has 0 amide bonds. The topological polar surface area (TPSA) is 29.5 Å². The van der Waals surface area contributed by atoms with Crippen LogP contribution in [0.2, 0.25) is 5.02 Å². The maximum absolute atomic E-state index is 13.4. The Balaban J connectivity index is 2.01. The van der Waals surface area contributed by atoms with Crippen LogP contribution >= 0.6 is 11.6 Å². The van der Waals surface area contributed by atoms with Gasteiger partial charge in [0.15, 0.2) is 0 Å². The number of rotatable bonds is 4. The second-order valence-corrected chi connectivity index (χ2v) is 4.73. The lowest BCUT2D eigenvalue weighted by Gasteiger charge is -2.13. The number of aliphatic hydroxyl groups excluding tert-OH is 1. The number of aryl methyl sites for hydroxylation is 1. The monoisotopic (exact) mass is 280 g/mol. The maximum atomic E-state index is 13.4. The van der Waals surface area contributed by atoms with Gasteiger partial charge in [0.05, 0.1) is 0 Å². The number of hydrogen-bond acceptors (Lipinski definition) is 2. The molecular formula is C15H14ClFO2. The van der Waals surface area contributed by atoms with Gasteiger partial charge in [-0.15, -0.1) is 0 Å². The minimum Gasteiger partial charge on any atom is -0.490 e. The first-order valence-corrected chi connectivity index (χ1v) is 6.26. The van der Waals surface area contributed by atoms with Gasteiger partial charge in [0.2, 0.25) is 0 Å². The van der Waals surface area contributed by atoms with Crippen LogP contribution in [0.4, 0.5) is 4.39 Å². The summed E-state index contributed by atoms with van der Waals surface area (Å²) in [7, 11) is 0. The van der Waals surface area contributed by atoms with Gasteiger partial charge in [-0.1, -0.05) is 29.8 Å². The molecule has 0 saturated heterocycles. The van der Waals surface area contributed by atoms with Crippen LogP contribution in [0.1, 0.15) is 17.2 Å². The van der Waals surface area contributed by atoms with Crippen LogP contribution in [0.15, 0.2) is 42.5 Å². The largest absolute Gasteiger partial charge is 0.490 e. The van der Waals surface area contributed by atoms with E-state index in [-0.39, 0.29) is 12.4 Å². The van der Waals surface area contributed by atoms with Crippen LogP contribution < -0.4 is 4.74 Å². The van der Waals surface area contributed by atoms with Gasteiger partial charge >= 0.3 is 0 Å². The lowest BCUT2D eigenvalue weighted by atomic mass is 10.1. The molecule has 19 heavy (non-hydrogen) atoms. The van der Waals surface area contributed by atoms with Crippen molar-refractivity contribution in [1.82, 2.24) is 0 Å². The molecule has 1 unspecified atom stereocenters. The molecule has 0 aliphatic heterocycles. The van der Waals surface area contributed by atoms with Crippen molar-refractivity contribution in [2.45, 2.75) is 13.0 Å². The van der Waals surface area contributed by atoms with Crippen LogP contribution in [0.25, 0.3) is 0 Å². The first-order valence-electron chi connectivity index (χ1n) is 5.89. The molecule has 2 aromatic rings. The molecule has 0 bridgehead atoms. The fourth-order valence-electron chi connectivity index (χ4n) is 1.64. The number of benzene rings is 2. The standard InChI is InChI=1S/C15H14ClFO2/c1-10-5-6-11(7-14(10)17)15(18)9-19-13-4-2-3-12(16)8-13/h2-8,15,18H,9H2,1H3. The molecule has 2 rings (SSSR count). The Labute approximate surface area is 116 Å². The van der Waals surface area contributed by atoms with E-state index >= 15 is 0 Å². The van der Waals surface area contributed by atoms with E-state index in [1.165, 1.54) is 6.07 Å². The molecule has 0 aliphatic rings. The third kappa shape index (κ3) is 3.69. The fraction of sp³-hybridized carbons (Fsp3) is 0.200. The highest BCUT2D eigenvalue weighted by molar-refractivity contribution is 6.30. The summed E-state index contributed by atoms with van der Waals surface area (Å²) in [5.41, 5.74) is 1.04. The summed E-state index contributed by atoms with van der Waals surface area (Å²) in [6.45, 7) is 1.72. The predicted molar refractivity (Wildman–Crippen MR) is 73.0 cm³/mol. The Kier molecular flexibility index (Phi) is 4.40. The van der Waals surface area contributed by atoms with E-state index in [1.54, 1.807) is 43.3 Å².